The van der Waals surface area contributed by atoms with Crippen molar-refractivity contribution in [2.45, 2.75) is 6.18 Å². The molecule has 2 rings (SSSR count). The van der Waals surface area contributed by atoms with Gasteiger partial charge >= 0.3 is 6.18 Å². The van der Waals surface area contributed by atoms with Gasteiger partial charge in [0.05, 0.1) is 5.69 Å². The Bertz CT molecular complexity index is 728. The van der Waals surface area contributed by atoms with Crippen molar-refractivity contribution in [1.82, 2.24) is 4.98 Å². The molecule has 0 atom stereocenters. The third kappa shape index (κ3) is 4.02. The van der Waals surface area contributed by atoms with Crippen LogP contribution in [0.3, 0.4) is 0 Å². The van der Waals surface area contributed by atoms with Crippen LogP contribution >= 0.6 is 70.7 Å². The second-order valence-electron chi connectivity index (χ2n) is 3.84. The van der Waals surface area contributed by atoms with E-state index in [9.17, 15) is 18.0 Å². The van der Waals surface area contributed by atoms with Gasteiger partial charge in [-0.25, -0.2) is 4.98 Å². The Morgan fingerprint density at radius 1 is 1.23 bits per heavy atom. The highest BCUT2D eigenvalue weighted by molar-refractivity contribution is 9.11. The SMILES string of the molecule is O=C(Nc1c(Br)cc(Br)cc1Br)c1sc(Cl)nc1C(F)(F)F. The first kappa shape index (κ1) is 18.2. The fourth-order valence-electron chi connectivity index (χ4n) is 1.47. The first-order valence-corrected chi connectivity index (χ1v) is 8.86. The van der Waals surface area contributed by atoms with E-state index in [0.29, 0.717) is 26.0 Å². The van der Waals surface area contributed by atoms with E-state index in [1.165, 1.54) is 0 Å². The number of nitrogens with zero attached hydrogens (tertiary/aromatic N) is 1. The Hall–Kier alpha value is -0.160. The third-order valence-electron chi connectivity index (χ3n) is 2.32. The summed E-state index contributed by atoms with van der Waals surface area (Å²) in [6, 6.07) is 3.29. The molecule has 118 valence electrons. The predicted molar refractivity (Wildman–Crippen MR) is 89.6 cm³/mol. The van der Waals surface area contributed by atoms with Crippen LogP contribution in [-0.4, -0.2) is 10.9 Å². The zero-order valence-electron chi connectivity index (χ0n) is 10.1. The van der Waals surface area contributed by atoms with Gasteiger partial charge < -0.3 is 5.32 Å². The molecule has 1 N–H and O–H groups in total. The van der Waals surface area contributed by atoms with Gasteiger partial charge in [-0.05, 0) is 44.0 Å². The fraction of sp³-hybridized carbons (Fsp3) is 0.0909. The van der Waals surface area contributed by atoms with Gasteiger partial charge in [-0.3, -0.25) is 4.79 Å². The number of amides is 1. The Kier molecular flexibility index (Phi) is 5.59. The Balaban J connectivity index is 2.39. The van der Waals surface area contributed by atoms with E-state index in [0.717, 1.165) is 4.47 Å². The van der Waals surface area contributed by atoms with E-state index in [4.69, 9.17) is 11.6 Å². The van der Waals surface area contributed by atoms with E-state index >= 15 is 0 Å². The number of carbonyl (C=O) groups is 1. The first-order chi connectivity index (χ1) is 10.1. The smallest absolute Gasteiger partial charge is 0.319 e. The average molecular weight is 543 g/mol. The number of thiazole rings is 1. The molecule has 1 aromatic heterocycles. The highest BCUT2D eigenvalue weighted by atomic mass is 79.9. The van der Waals surface area contributed by atoms with Crippen molar-refractivity contribution in [3.05, 3.63) is 40.6 Å². The molecule has 1 amide bonds. The second-order valence-corrected chi connectivity index (χ2v) is 8.05. The van der Waals surface area contributed by atoms with Crippen molar-refractivity contribution in [3.8, 4) is 0 Å². The maximum atomic E-state index is 12.9. The lowest BCUT2D eigenvalue weighted by Gasteiger charge is -2.11. The van der Waals surface area contributed by atoms with Gasteiger partial charge in [0.1, 0.15) is 4.88 Å². The number of rotatable bonds is 2. The number of benzene rings is 1. The number of nitrogens with one attached hydrogen (secondary N) is 1. The maximum absolute atomic E-state index is 12.9. The third-order valence-corrected chi connectivity index (χ3v) is 5.19. The van der Waals surface area contributed by atoms with E-state index in [1.807, 2.05) is 0 Å². The molecule has 0 aliphatic rings. The minimum Gasteiger partial charge on any atom is -0.319 e. The van der Waals surface area contributed by atoms with Crippen molar-refractivity contribution in [3.63, 3.8) is 0 Å². The molecule has 22 heavy (non-hydrogen) atoms. The van der Waals surface area contributed by atoms with Gasteiger partial charge in [-0.15, -0.1) is 0 Å². The Morgan fingerprint density at radius 3 is 2.27 bits per heavy atom. The zero-order chi connectivity index (χ0) is 16.7. The molecule has 11 heteroatoms. The highest BCUT2D eigenvalue weighted by Gasteiger charge is 2.39. The lowest BCUT2D eigenvalue weighted by Crippen LogP contribution is -2.17. The molecule has 0 fully saturated rings. The van der Waals surface area contributed by atoms with Gasteiger partial charge in [-0.2, -0.15) is 13.2 Å². The summed E-state index contributed by atoms with van der Waals surface area (Å²) in [7, 11) is 0. The normalized spacial score (nSPS) is 11.6. The molecule has 0 radical (unpaired) electrons. The van der Waals surface area contributed by atoms with Gasteiger partial charge in [-0.1, -0.05) is 38.9 Å². The van der Waals surface area contributed by atoms with Gasteiger partial charge in [0.2, 0.25) is 0 Å². The highest BCUT2D eigenvalue weighted by Crippen LogP contribution is 2.38. The quantitative estimate of drug-likeness (QED) is 0.480. The topological polar surface area (TPSA) is 42.0 Å². The summed E-state index contributed by atoms with van der Waals surface area (Å²) < 4.78 is 39.9. The summed E-state index contributed by atoms with van der Waals surface area (Å²) in [6.45, 7) is 0. The van der Waals surface area contributed by atoms with Crippen molar-refractivity contribution in [1.29, 1.82) is 0 Å². The number of hydrogen-bond donors (Lipinski definition) is 1. The molecule has 2 aromatic rings. The predicted octanol–water partition coefficient (Wildman–Crippen LogP) is 6.36. The number of hydrogen-bond acceptors (Lipinski definition) is 3. The second kappa shape index (κ2) is 6.76. The molecule has 0 aliphatic heterocycles. The first-order valence-electron chi connectivity index (χ1n) is 5.29. The van der Waals surface area contributed by atoms with Crippen molar-refractivity contribution in [2.75, 3.05) is 5.32 Å². The van der Waals surface area contributed by atoms with Crippen LogP contribution in [-0.2, 0) is 6.18 Å². The van der Waals surface area contributed by atoms with E-state index in [1.54, 1.807) is 12.1 Å². The van der Waals surface area contributed by atoms with Crippen LogP contribution in [0.15, 0.2) is 25.6 Å². The lowest BCUT2D eigenvalue weighted by atomic mass is 10.3. The minimum atomic E-state index is -4.76. The Morgan fingerprint density at radius 2 is 1.77 bits per heavy atom. The molecule has 1 aromatic carbocycles. The van der Waals surface area contributed by atoms with Gasteiger partial charge in [0.25, 0.3) is 5.91 Å². The summed E-state index contributed by atoms with van der Waals surface area (Å²) in [6.07, 6.45) is -4.76. The molecular formula is C11H3Br3ClF3N2OS. The summed E-state index contributed by atoms with van der Waals surface area (Å²) in [4.78, 5) is 14.7. The van der Waals surface area contributed by atoms with Crippen molar-refractivity contribution < 1.29 is 18.0 Å². The lowest BCUT2D eigenvalue weighted by molar-refractivity contribution is -0.141. The molecular weight excluding hydrogens is 540 g/mol. The number of alkyl halides is 3. The largest absolute Gasteiger partial charge is 0.435 e. The average Bonchev–Trinajstić information content (AvgIpc) is 2.75. The standard InChI is InChI=1S/C11H3Br3ClF3N2OS/c12-3-1-4(13)6(5(14)2-3)19-9(21)7-8(11(16,17)18)20-10(15)22-7/h1-2H,(H,19,21). The van der Waals surface area contributed by atoms with Crippen molar-refractivity contribution >= 4 is 82.3 Å². The number of carbonyl (C=O) groups excluding carboxylic acids is 1. The van der Waals surface area contributed by atoms with Crippen LogP contribution < -0.4 is 5.32 Å². The van der Waals surface area contributed by atoms with Crippen LogP contribution in [0.25, 0.3) is 0 Å². The Labute approximate surface area is 156 Å². The summed E-state index contributed by atoms with van der Waals surface area (Å²) >= 11 is 15.7. The molecule has 0 bridgehead atoms. The summed E-state index contributed by atoms with van der Waals surface area (Å²) in [5.74, 6) is -0.944. The van der Waals surface area contributed by atoms with Crippen LogP contribution in [0.4, 0.5) is 18.9 Å². The zero-order valence-corrected chi connectivity index (χ0v) is 16.4. The van der Waals surface area contributed by atoms with Crippen LogP contribution in [0.1, 0.15) is 15.4 Å². The minimum absolute atomic E-state index is 0.297. The maximum Gasteiger partial charge on any atom is 0.435 e. The van der Waals surface area contributed by atoms with Crippen LogP contribution in [0.5, 0.6) is 0 Å². The van der Waals surface area contributed by atoms with E-state index < -0.39 is 22.7 Å². The molecule has 1 heterocycles. The van der Waals surface area contributed by atoms with Crippen molar-refractivity contribution in [2.24, 2.45) is 0 Å². The molecule has 3 nitrogen and oxygen atoms in total. The summed E-state index contributed by atoms with van der Waals surface area (Å²) in [5.41, 5.74) is -1.00. The van der Waals surface area contributed by atoms with Gasteiger partial charge in [0.15, 0.2) is 10.2 Å². The van der Waals surface area contributed by atoms with E-state index in [-0.39, 0.29) is 4.47 Å². The molecule has 0 saturated carbocycles. The number of halogens is 7. The van der Waals surface area contributed by atoms with Gasteiger partial charge in [0, 0.05) is 13.4 Å². The van der Waals surface area contributed by atoms with E-state index in [2.05, 4.69) is 58.1 Å². The molecule has 0 spiro atoms. The summed E-state index contributed by atoms with van der Waals surface area (Å²) in [5, 5.41) is 2.41. The molecule has 0 unspecified atom stereocenters. The molecule has 0 aliphatic carbocycles. The van der Waals surface area contributed by atoms with Crippen LogP contribution in [0.2, 0.25) is 4.47 Å². The monoisotopic (exact) mass is 540 g/mol. The number of anilines is 1. The van der Waals surface area contributed by atoms with Crippen LogP contribution in [0, 0.1) is 0 Å². The fourth-order valence-corrected chi connectivity index (χ4v) is 4.95. The molecule has 0 saturated heterocycles. The number of aromatic nitrogens is 1.